The molecule has 0 saturated carbocycles. The van der Waals surface area contributed by atoms with Gasteiger partial charge in [-0.15, -0.1) is 0 Å². The topological polar surface area (TPSA) is 82.6 Å². The molecule has 2 heterocycles. The summed E-state index contributed by atoms with van der Waals surface area (Å²) in [6.45, 7) is 0. The average Bonchev–Trinajstić information content (AvgIpc) is 3.25. The van der Waals surface area contributed by atoms with E-state index in [0.717, 1.165) is 27.2 Å². The second-order valence-electron chi connectivity index (χ2n) is 8.11. The fraction of sp³-hybridized carbons (Fsp3) is 0.120. The van der Waals surface area contributed by atoms with Crippen molar-refractivity contribution < 1.29 is 8.42 Å². The lowest BCUT2D eigenvalue weighted by Crippen LogP contribution is -2.25. The van der Waals surface area contributed by atoms with Crippen LogP contribution < -0.4 is 5.56 Å². The van der Waals surface area contributed by atoms with Crippen LogP contribution in [0, 0.1) is 0 Å². The first-order chi connectivity index (χ1) is 16.2. The number of pyridine rings is 1. The molecule has 1 aliphatic heterocycles. The van der Waals surface area contributed by atoms with Gasteiger partial charge in [-0.2, -0.15) is 9.52 Å². The molecule has 0 bridgehead atoms. The molecule has 172 valence electrons. The Bertz CT molecular complexity index is 1600. The third-order valence-corrected chi connectivity index (χ3v) is 7.30. The predicted molar refractivity (Wildman–Crippen MR) is 137 cm³/mol. The van der Waals surface area contributed by atoms with Crippen molar-refractivity contribution in [3.8, 4) is 11.1 Å². The third kappa shape index (κ3) is 4.11. The van der Waals surface area contributed by atoms with E-state index >= 15 is 0 Å². The summed E-state index contributed by atoms with van der Waals surface area (Å²) in [5.74, 6) is 0. The largest absolute Gasteiger partial charge is 0.321 e. The molecule has 0 spiro atoms. The quantitative estimate of drug-likeness (QED) is 0.386. The van der Waals surface area contributed by atoms with E-state index in [1.807, 2.05) is 30.3 Å². The predicted octanol–water partition coefficient (Wildman–Crippen LogP) is 5.61. The molecule has 1 unspecified atom stereocenters. The summed E-state index contributed by atoms with van der Waals surface area (Å²) in [4.78, 5) is 16.3. The zero-order chi connectivity index (χ0) is 24.0. The Morgan fingerprint density at radius 2 is 1.62 bits per heavy atom. The highest BCUT2D eigenvalue weighted by atomic mass is 35.5. The molecule has 0 amide bonds. The zero-order valence-corrected chi connectivity index (χ0v) is 20.3. The number of halogens is 2. The van der Waals surface area contributed by atoms with Gasteiger partial charge in [-0.05, 0) is 41.5 Å². The summed E-state index contributed by atoms with van der Waals surface area (Å²) < 4.78 is 26.4. The van der Waals surface area contributed by atoms with E-state index in [4.69, 9.17) is 23.2 Å². The highest BCUT2D eigenvalue weighted by molar-refractivity contribution is 7.88. The average molecular weight is 512 g/mol. The molecule has 4 aromatic rings. The van der Waals surface area contributed by atoms with Crippen LogP contribution in [0.5, 0.6) is 0 Å². The van der Waals surface area contributed by atoms with Crippen molar-refractivity contribution in [3.63, 3.8) is 0 Å². The van der Waals surface area contributed by atoms with Crippen LogP contribution in [-0.4, -0.2) is 29.8 Å². The number of hydrogen-bond donors (Lipinski definition) is 1. The molecule has 1 aliphatic rings. The summed E-state index contributed by atoms with van der Waals surface area (Å²) in [6.07, 6.45) is 1.33. The number of sulfonamides is 1. The molecule has 1 N–H and O–H groups in total. The smallest absolute Gasteiger partial charge is 0.258 e. The maximum absolute atomic E-state index is 13.4. The Balaban J connectivity index is 1.76. The Morgan fingerprint density at radius 1 is 0.941 bits per heavy atom. The molecule has 3 aromatic carbocycles. The Kier molecular flexibility index (Phi) is 5.72. The second kappa shape index (κ2) is 8.58. The van der Waals surface area contributed by atoms with E-state index in [1.165, 1.54) is 0 Å². The minimum atomic E-state index is -3.71. The van der Waals surface area contributed by atoms with Gasteiger partial charge in [0.15, 0.2) is 0 Å². The van der Waals surface area contributed by atoms with Crippen LogP contribution in [0.1, 0.15) is 23.6 Å². The molecular weight excluding hydrogens is 493 g/mol. The van der Waals surface area contributed by atoms with Gasteiger partial charge in [0.05, 0.1) is 23.6 Å². The molecule has 0 saturated heterocycles. The van der Waals surface area contributed by atoms with Gasteiger partial charge in [-0.1, -0.05) is 65.7 Å². The molecule has 0 aliphatic carbocycles. The summed E-state index contributed by atoms with van der Waals surface area (Å²) in [7, 11) is -3.71. The Hall–Kier alpha value is -3.13. The number of aromatic amines is 1. The van der Waals surface area contributed by atoms with E-state index in [0.29, 0.717) is 32.4 Å². The Morgan fingerprint density at radius 3 is 2.29 bits per heavy atom. The van der Waals surface area contributed by atoms with E-state index in [1.54, 1.807) is 42.5 Å². The van der Waals surface area contributed by atoms with E-state index < -0.39 is 16.1 Å². The number of hydrogen-bond acceptors (Lipinski definition) is 4. The molecule has 0 radical (unpaired) electrons. The van der Waals surface area contributed by atoms with Gasteiger partial charge in [0, 0.05) is 32.9 Å². The van der Waals surface area contributed by atoms with Gasteiger partial charge >= 0.3 is 0 Å². The monoisotopic (exact) mass is 511 g/mol. The normalized spacial score (nSPS) is 16.1. The molecule has 5 rings (SSSR count). The SMILES string of the molecule is CS(=O)(=O)N1N=C(c2c(-c3ccccc3)c3cc(Cl)ccc3[nH]c2=O)CC1c1ccc(Cl)cc1. The summed E-state index contributed by atoms with van der Waals surface area (Å²) >= 11 is 12.3. The zero-order valence-electron chi connectivity index (χ0n) is 18.0. The van der Waals surface area contributed by atoms with Gasteiger partial charge in [0.2, 0.25) is 10.0 Å². The molecule has 1 aromatic heterocycles. The number of hydrazone groups is 1. The lowest BCUT2D eigenvalue weighted by atomic mass is 9.91. The van der Waals surface area contributed by atoms with Gasteiger partial charge in [0.25, 0.3) is 5.56 Å². The first-order valence-corrected chi connectivity index (χ1v) is 13.1. The number of nitrogens with one attached hydrogen (secondary N) is 1. The number of benzene rings is 3. The first kappa shape index (κ1) is 22.7. The fourth-order valence-corrected chi connectivity index (χ4v) is 5.53. The van der Waals surface area contributed by atoms with Crippen molar-refractivity contribution in [1.82, 2.24) is 9.40 Å². The standard InChI is InChI=1S/C25H19Cl2N3O3S/c1-34(32,33)30-22(15-7-9-17(26)10-8-15)14-21(29-30)24-23(16-5-3-2-4-6-16)19-13-18(27)11-12-20(19)28-25(24)31/h2-13,22H,14H2,1H3,(H,28,31). The summed E-state index contributed by atoms with van der Waals surface area (Å²) in [5.41, 5.74) is 3.18. The van der Waals surface area contributed by atoms with Gasteiger partial charge in [-0.25, -0.2) is 8.42 Å². The van der Waals surface area contributed by atoms with E-state index in [-0.39, 0.29) is 12.0 Å². The van der Waals surface area contributed by atoms with Crippen LogP contribution in [0.25, 0.3) is 22.0 Å². The molecule has 1 atom stereocenters. The molecule has 34 heavy (non-hydrogen) atoms. The maximum Gasteiger partial charge on any atom is 0.258 e. The maximum atomic E-state index is 13.4. The van der Waals surface area contributed by atoms with E-state index in [2.05, 4.69) is 10.1 Å². The van der Waals surface area contributed by atoms with Gasteiger partial charge in [0.1, 0.15) is 0 Å². The lowest BCUT2D eigenvalue weighted by Gasteiger charge is -2.21. The van der Waals surface area contributed by atoms with Crippen molar-refractivity contribution in [2.24, 2.45) is 5.10 Å². The fourth-order valence-electron chi connectivity index (χ4n) is 4.32. The van der Waals surface area contributed by atoms with Crippen molar-refractivity contribution >= 4 is 49.8 Å². The molecule has 6 nitrogen and oxygen atoms in total. The molecule has 9 heteroatoms. The van der Waals surface area contributed by atoms with Crippen molar-refractivity contribution in [2.45, 2.75) is 12.5 Å². The minimum absolute atomic E-state index is 0.226. The number of rotatable bonds is 4. The van der Waals surface area contributed by atoms with E-state index in [9.17, 15) is 13.2 Å². The second-order valence-corrected chi connectivity index (χ2v) is 10.8. The van der Waals surface area contributed by atoms with Crippen LogP contribution in [0.3, 0.4) is 0 Å². The van der Waals surface area contributed by atoms with Gasteiger partial charge < -0.3 is 4.98 Å². The van der Waals surface area contributed by atoms with Crippen LogP contribution in [0.4, 0.5) is 0 Å². The number of fused-ring (bicyclic) bond motifs is 1. The Labute approximate surface area is 206 Å². The highest BCUT2D eigenvalue weighted by Gasteiger charge is 2.36. The summed E-state index contributed by atoms with van der Waals surface area (Å²) in [6, 6.07) is 21.1. The molecule has 0 fully saturated rings. The van der Waals surface area contributed by atoms with Crippen molar-refractivity contribution in [3.05, 3.63) is 104 Å². The number of nitrogens with zero attached hydrogens (tertiary/aromatic N) is 2. The van der Waals surface area contributed by atoms with Crippen molar-refractivity contribution in [1.29, 1.82) is 0 Å². The van der Waals surface area contributed by atoms with Gasteiger partial charge in [-0.3, -0.25) is 4.79 Å². The van der Waals surface area contributed by atoms with Crippen molar-refractivity contribution in [2.75, 3.05) is 6.26 Å². The van der Waals surface area contributed by atoms with Crippen LogP contribution in [0.15, 0.2) is 82.7 Å². The van der Waals surface area contributed by atoms with Crippen LogP contribution in [0.2, 0.25) is 10.0 Å². The number of aromatic nitrogens is 1. The molecular formula is C25H19Cl2N3O3S. The van der Waals surface area contributed by atoms with Crippen LogP contribution in [-0.2, 0) is 10.0 Å². The number of H-pyrrole nitrogens is 1. The minimum Gasteiger partial charge on any atom is -0.321 e. The lowest BCUT2D eigenvalue weighted by molar-refractivity contribution is 0.375. The highest BCUT2D eigenvalue weighted by Crippen LogP contribution is 2.38. The van der Waals surface area contributed by atoms with Crippen LogP contribution >= 0.6 is 23.2 Å². The first-order valence-electron chi connectivity index (χ1n) is 10.5. The summed E-state index contributed by atoms with van der Waals surface area (Å²) in [5, 5.41) is 6.27. The third-order valence-electron chi connectivity index (χ3n) is 5.79.